The monoisotopic (exact) mass is 311 g/mol. The molecule has 0 aliphatic carbocycles. The van der Waals surface area contributed by atoms with Crippen molar-refractivity contribution in [2.45, 2.75) is 12.8 Å². The first-order valence-corrected chi connectivity index (χ1v) is 7.48. The quantitative estimate of drug-likeness (QED) is 0.638. The molecule has 2 aromatic rings. The number of nitro benzene ring substituents is 1. The van der Waals surface area contributed by atoms with E-state index in [0.29, 0.717) is 5.92 Å². The van der Waals surface area contributed by atoms with E-state index in [1.807, 2.05) is 25.5 Å². The predicted molar refractivity (Wildman–Crippen MR) is 85.0 cm³/mol. The van der Waals surface area contributed by atoms with E-state index in [1.54, 1.807) is 16.8 Å². The fraction of sp³-hybridized carbons (Fsp3) is 0.375. The van der Waals surface area contributed by atoms with Crippen LogP contribution >= 0.6 is 0 Å². The zero-order valence-electron chi connectivity index (χ0n) is 12.8. The van der Waals surface area contributed by atoms with Gasteiger partial charge in [-0.3, -0.25) is 14.8 Å². The summed E-state index contributed by atoms with van der Waals surface area (Å²) in [6, 6.07) is 6.68. The van der Waals surface area contributed by atoms with Crippen LogP contribution in [0.25, 0.3) is 0 Å². The van der Waals surface area contributed by atoms with Crippen LogP contribution in [0.15, 0.2) is 30.6 Å². The molecule has 0 radical (unpaired) electrons. The number of hydrogen-bond donors (Lipinski definition) is 0. The Morgan fingerprint density at radius 3 is 3.00 bits per heavy atom. The number of aromatic nitrogens is 2. The van der Waals surface area contributed by atoms with Gasteiger partial charge in [0.25, 0.3) is 5.69 Å². The van der Waals surface area contributed by atoms with Crippen molar-refractivity contribution in [1.29, 1.82) is 5.26 Å². The normalized spacial score (nSPS) is 17.2. The maximum absolute atomic E-state index is 10.9. The second-order valence-corrected chi connectivity index (χ2v) is 5.90. The maximum atomic E-state index is 10.9. The molecule has 7 heteroatoms. The maximum Gasteiger partial charge on any atom is 0.287 e. The average molecular weight is 311 g/mol. The predicted octanol–water partition coefficient (Wildman–Crippen LogP) is 2.27. The molecule has 1 atom stereocenters. The van der Waals surface area contributed by atoms with Crippen LogP contribution < -0.4 is 4.90 Å². The summed E-state index contributed by atoms with van der Waals surface area (Å²) < 4.78 is 1.80. The zero-order chi connectivity index (χ0) is 16.4. The number of nitro groups is 1. The lowest BCUT2D eigenvalue weighted by molar-refractivity contribution is -0.385. The standard InChI is InChI=1S/C16H17N5O2/c1-19-10-13(9-18-19)6-12-4-5-20(11-12)15-2-3-16(21(22)23)14(7-15)8-17/h2-3,7,9-10,12H,4-6,11H2,1H3/t12-/m0/s1. The minimum atomic E-state index is -0.516. The molecule has 0 bridgehead atoms. The van der Waals surface area contributed by atoms with Crippen molar-refractivity contribution >= 4 is 11.4 Å². The Bertz CT molecular complexity index is 777. The molecule has 0 amide bonds. The number of rotatable bonds is 4. The molecule has 0 saturated carbocycles. The van der Waals surface area contributed by atoms with Gasteiger partial charge in [-0.05, 0) is 36.5 Å². The third kappa shape index (κ3) is 3.16. The molecule has 1 saturated heterocycles. The Labute approximate surface area is 133 Å². The van der Waals surface area contributed by atoms with Crippen LogP contribution in [0, 0.1) is 27.4 Å². The molecule has 23 heavy (non-hydrogen) atoms. The first kappa shape index (κ1) is 15.0. The summed E-state index contributed by atoms with van der Waals surface area (Å²) in [5, 5.41) is 24.2. The van der Waals surface area contributed by atoms with Gasteiger partial charge in [0.05, 0.1) is 11.1 Å². The first-order chi connectivity index (χ1) is 11.1. The Morgan fingerprint density at radius 2 is 2.35 bits per heavy atom. The van der Waals surface area contributed by atoms with E-state index >= 15 is 0 Å². The molecular weight excluding hydrogens is 294 g/mol. The van der Waals surface area contributed by atoms with Gasteiger partial charge in [0.15, 0.2) is 0 Å². The van der Waals surface area contributed by atoms with Gasteiger partial charge in [0, 0.05) is 38.1 Å². The van der Waals surface area contributed by atoms with E-state index < -0.39 is 4.92 Å². The van der Waals surface area contributed by atoms with Crippen LogP contribution in [0.5, 0.6) is 0 Å². The number of nitriles is 1. The average Bonchev–Trinajstić information content (AvgIpc) is 3.16. The van der Waals surface area contributed by atoms with E-state index in [4.69, 9.17) is 5.26 Å². The molecule has 7 nitrogen and oxygen atoms in total. The van der Waals surface area contributed by atoms with Crippen molar-refractivity contribution < 1.29 is 4.92 Å². The van der Waals surface area contributed by atoms with Crippen LogP contribution in [0.2, 0.25) is 0 Å². The van der Waals surface area contributed by atoms with E-state index in [0.717, 1.165) is 31.6 Å². The molecule has 1 fully saturated rings. The highest BCUT2D eigenvalue weighted by atomic mass is 16.6. The summed E-state index contributed by atoms with van der Waals surface area (Å²) in [4.78, 5) is 12.6. The fourth-order valence-electron chi connectivity index (χ4n) is 3.11. The Hall–Kier alpha value is -2.88. The van der Waals surface area contributed by atoms with Gasteiger partial charge in [0.2, 0.25) is 0 Å². The minimum absolute atomic E-state index is 0.114. The zero-order valence-corrected chi connectivity index (χ0v) is 12.8. The molecule has 1 aromatic carbocycles. The molecule has 2 heterocycles. The SMILES string of the molecule is Cn1cc(C[C@@H]2CCN(c3ccc([N+](=O)[O-])c(C#N)c3)C2)cn1. The number of benzene rings is 1. The van der Waals surface area contributed by atoms with Crippen LogP contribution in [-0.4, -0.2) is 27.8 Å². The van der Waals surface area contributed by atoms with Gasteiger partial charge in [-0.15, -0.1) is 0 Å². The second-order valence-electron chi connectivity index (χ2n) is 5.90. The number of hydrogen-bond acceptors (Lipinski definition) is 5. The third-order valence-corrected chi connectivity index (χ3v) is 4.23. The van der Waals surface area contributed by atoms with E-state index in [2.05, 4.69) is 10.00 Å². The second kappa shape index (κ2) is 6.08. The summed E-state index contributed by atoms with van der Waals surface area (Å²) in [5.74, 6) is 0.528. The molecule has 3 rings (SSSR count). The molecule has 0 spiro atoms. The van der Waals surface area contributed by atoms with Crippen LogP contribution in [0.3, 0.4) is 0 Å². The molecule has 0 N–H and O–H groups in total. The molecular formula is C16H17N5O2. The highest BCUT2D eigenvalue weighted by Gasteiger charge is 2.25. The van der Waals surface area contributed by atoms with Crippen molar-refractivity contribution in [2.24, 2.45) is 13.0 Å². The van der Waals surface area contributed by atoms with Gasteiger partial charge in [0.1, 0.15) is 11.6 Å². The van der Waals surface area contributed by atoms with Crippen molar-refractivity contribution in [2.75, 3.05) is 18.0 Å². The molecule has 0 unspecified atom stereocenters. The van der Waals surface area contributed by atoms with Crippen molar-refractivity contribution in [3.05, 3.63) is 51.8 Å². The number of aryl methyl sites for hydroxylation is 1. The molecule has 1 aromatic heterocycles. The highest BCUT2D eigenvalue weighted by Crippen LogP contribution is 2.29. The lowest BCUT2D eigenvalue weighted by Gasteiger charge is -2.18. The summed E-state index contributed by atoms with van der Waals surface area (Å²) in [6.07, 6.45) is 5.96. The van der Waals surface area contributed by atoms with Crippen LogP contribution in [-0.2, 0) is 13.5 Å². The van der Waals surface area contributed by atoms with E-state index in [-0.39, 0.29) is 11.3 Å². The minimum Gasteiger partial charge on any atom is -0.371 e. The Morgan fingerprint density at radius 1 is 1.52 bits per heavy atom. The van der Waals surface area contributed by atoms with Crippen LogP contribution in [0.4, 0.5) is 11.4 Å². The van der Waals surface area contributed by atoms with Gasteiger partial charge in [-0.25, -0.2) is 0 Å². The van der Waals surface area contributed by atoms with Crippen molar-refractivity contribution in [1.82, 2.24) is 9.78 Å². The largest absolute Gasteiger partial charge is 0.371 e. The first-order valence-electron chi connectivity index (χ1n) is 7.48. The van der Waals surface area contributed by atoms with Gasteiger partial charge >= 0.3 is 0 Å². The topological polar surface area (TPSA) is 88.0 Å². The lowest BCUT2D eigenvalue weighted by Crippen LogP contribution is -2.20. The third-order valence-electron chi connectivity index (χ3n) is 4.23. The van der Waals surface area contributed by atoms with E-state index in [9.17, 15) is 10.1 Å². The molecule has 1 aliphatic rings. The fourth-order valence-corrected chi connectivity index (χ4v) is 3.11. The van der Waals surface area contributed by atoms with Gasteiger partial charge in [-0.1, -0.05) is 0 Å². The number of nitrogens with zero attached hydrogens (tertiary/aromatic N) is 5. The molecule has 118 valence electrons. The van der Waals surface area contributed by atoms with E-state index in [1.165, 1.54) is 11.6 Å². The highest BCUT2D eigenvalue weighted by molar-refractivity contribution is 5.60. The Balaban J connectivity index is 1.71. The lowest BCUT2D eigenvalue weighted by atomic mass is 10.0. The van der Waals surface area contributed by atoms with Crippen molar-refractivity contribution in [3.8, 4) is 6.07 Å². The summed E-state index contributed by atoms with van der Waals surface area (Å²) in [7, 11) is 1.91. The number of anilines is 1. The smallest absolute Gasteiger partial charge is 0.287 e. The van der Waals surface area contributed by atoms with Crippen molar-refractivity contribution in [3.63, 3.8) is 0 Å². The summed E-state index contributed by atoms with van der Waals surface area (Å²) >= 11 is 0. The summed E-state index contributed by atoms with van der Waals surface area (Å²) in [6.45, 7) is 1.78. The Kier molecular flexibility index (Phi) is 3.98. The van der Waals surface area contributed by atoms with Gasteiger partial charge in [-0.2, -0.15) is 10.4 Å². The molecule has 1 aliphatic heterocycles. The van der Waals surface area contributed by atoms with Gasteiger partial charge < -0.3 is 4.90 Å². The van der Waals surface area contributed by atoms with Crippen LogP contribution in [0.1, 0.15) is 17.5 Å². The summed E-state index contributed by atoms with van der Waals surface area (Å²) in [5.41, 5.74) is 2.08.